The quantitative estimate of drug-likeness (QED) is 0.589. The standard InChI is InChI=1S/C16H12Cl2N2O2S2/c1-22-13-7-14-12(6-11(13)18)19-16(24-14)20-15(21)8-23-10-4-2-9(17)3-5-10/h2-7H,8H2,1H3,(H,19,20,21). The minimum absolute atomic E-state index is 0.118. The third-order valence-electron chi connectivity index (χ3n) is 3.09. The average Bonchev–Trinajstić information content (AvgIpc) is 2.94. The van der Waals surface area contributed by atoms with E-state index in [0.717, 1.165) is 15.1 Å². The molecule has 0 saturated carbocycles. The maximum Gasteiger partial charge on any atom is 0.236 e. The Morgan fingerprint density at radius 1 is 1.29 bits per heavy atom. The number of amides is 1. The van der Waals surface area contributed by atoms with Gasteiger partial charge in [0, 0.05) is 16.0 Å². The highest BCUT2D eigenvalue weighted by Crippen LogP contribution is 2.34. The Bertz CT molecular complexity index is 882. The number of aromatic nitrogens is 1. The summed E-state index contributed by atoms with van der Waals surface area (Å²) in [5.41, 5.74) is 0.728. The number of benzene rings is 2. The van der Waals surface area contributed by atoms with Crippen LogP contribution in [0.3, 0.4) is 0 Å². The summed E-state index contributed by atoms with van der Waals surface area (Å²) in [5.74, 6) is 0.762. The zero-order valence-electron chi connectivity index (χ0n) is 12.5. The van der Waals surface area contributed by atoms with Crippen LogP contribution in [0, 0.1) is 0 Å². The molecule has 2 aromatic carbocycles. The third-order valence-corrected chi connectivity index (χ3v) is 5.58. The van der Waals surface area contributed by atoms with Crippen molar-refractivity contribution in [2.75, 3.05) is 18.2 Å². The van der Waals surface area contributed by atoms with E-state index in [1.165, 1.54) is 23.1 Å². The molecule has 1 N–H and O–H groups in total. The van der Waals surface area contributed by atoms with Crippen molar-refractivity contribution in [2.24, 2.45) is 0 Å². The van der Waals surface area contributed by atoms with Gasteiger partial charge in [-0.15, -0.1) is 11.8 Å². The lowest BCUT2D eigenvalue weighted by Gasteiger charge is -2.02. The molecular formula is C16H12Cl2N2O2S2. The fourth-order valence-corrected chi connectivity index (χ4v) is 3.93. The molecule has 8 heteroatoms. The SMILES string of the molecule is COc1cc2sc(NC(=O)CSc3ccc(Cl)cc3)nc2cc1Cl. The second kappa shape index (κ2) is 7.61. The molecule has 1 amide bonds. The maximum atomic E-state index is 12.1. The van der Waals surface area contributed by atoms with Gasteiger partial charge in [0.15, 0.2) is 5.13 Å². The highest BCUT2D eigenvalue weighted by atomic mass is 35.5. The molecule has 0 bridgehead atoms. The Kier molecular flexibility index (Phi) is 5.50. The highest BCUT2D eigenvalue weighted by Gasteiger charge is 2.11. The van der Waals surface area contributed by atoms with Gasteiger partial charge in [0.25, 0.3) is 0 Å². The van der Waals surface area contributed by atoms with E-state index < -0.39 is 0 Å². The average molecular weight is 399 g/mol. The Hall–Kier alpha value is -1.47. The van der Waals surface area contributed by atoms with Crippen molar-refractivity contribution in [2.45, 2.75) is 4.90 Å². The second-order valence-electron chi connectivity index (χ2n) is 4.76. The smallest absolute Gasteiger partial charge is 0.236 e. The molecule has 0 saturated heterocycles. The Balaban J connectivity index is 1.65. The van der Waals surface area contributed by atoms with E-state index in [0.29, 0.717) is 26.7 Å². The lowest BCUT2D eigenvalue weighted by atomic mass is 10.3. The zero-order chi connectivity index (χ0) is 17.1. The van der Waals surface area contributed by atoms with Crippen LogP contribution in [0.1, 0.15) is 0 Å². The van der Waals surface area contributed by atoms with Crippen molar-refractivity contribution in [1.29, 1.82) is 0 Å². The van der Waals surface area contributed by atoms with Gasteiger partial charge in [0.05, 0.1) is 28.1 Å². The summed E-state index contributed by atoms with van der Waals surface area (Å²) in [5, 5.41) is 4.51. The number of anilines is 1. The van der Waals surface area contributed by atoms with Crippen molar-refractivity contribution in [1.82, 2.24) is 4.98 Å². The van der Waals surface area contributed by atoms with E-state index >= 15 is 0 Å². The fourth-order valence-electron chi connectivity index (χ4n) is 1.97. The molecule has 4 nitrogen and oxygen atoms in total. The second-order valence-corrected chi connectivity index (χ2v) is 7.69. The first-order valence-corrected chi connectivity index (χ1v) is 9.43. The molecule has 24 heavy (non-hydrogen) atoms. The van der Waals surface area contributed by atoms with Crippen LogP contribution in [-0.4, -0.2) is 23.8 Å². The summed E-state index contributed by atoms with van der Waals surface area (Å²) >= 11 is 14.7. The number of hydrogen-bond acceptors (Lipinski definition) is 5. The fraction of sp³-hybridized carbons (Fsp3) is 0.125. The molecular weight excluding hydrogens is 387 g/mol. The number of thioether (sulfide) groups is 1. The van der Waals surface area contributed by atoms with Crippen molar-refractivity contribution in [3.05, 3.63) is 46.4 Å². The number of carbonyl (C=O) groups is 1. The van der Waals surface area contributed by atoms with Gasteiger partial charge >= 0.3 is 0 Å². The predicted molar refractivity (Wildman–Crippen MR) is 102 cm³/mol. The monoisotopic (exact) mass is 398 g/mol. The van der Waals surface area contributed by atoms with Gasteiger partial charge in [0.2, 0.25) is 5.91 Å². The largest absolute Gasteiger partial charge is 0.495 e. The molecule has 0 aliphatic rings. The van der Waals surface area contributed by atoms with Crippen molar-refractivity contribution in [3.63, 3.8) is 0 Å². The van der Waals surface area contributed by atoms with Crippen LogP contribution in [0.4, 0.5) is 5.13 Å². The van der Waals surface area contributed by atoms with Crippen LogP contribution in [0.15, 0.2) is 41.3 Å². The number of nitrogens with zero attached hydrogens (tertiary/aromatic N) is 1. The van der Waals surface area contributed by atoms with E-state index in [2.05, 4.69) is 10.3 Å². The van der Waals surface area contributed by atoms with Gasteiger partial charge in [-0.3, -0.25) is 4.79 Å². The number of ether oxygens (including phenoxy) is 1. The molecule has 3 rings (SSSR count). The number of carbonyl (C=O) groups excluding carboxylic acids is 1. The van der Waals surface area contributed by atoms with Crippen molar-refractivity contribution < 1.29 is 9.53 Å². The van der Waals surface area contributed by atoms with Crippen LogP contribution in [0.2, 0.25) is 10.0 Å². The van der Waals surface area contributed by atoms with E-state index in [1.54, 1.807) is 25.3 Å². The number of thiazole rings is 1. The molecule has 0 spiro atoms. The molecule has 0 aliphatic heterocycles. The summed E-state index contributed by atoms with van der Waals surface area (Å²) in [6, 6.07) is 10.9. The lowest BCUT2D eigenvalue weighted by molar-refractivity contribution is -0.113. The molecule has 0 aliphatic carbocycles. The molecule has 0 unspecified atom stereocenters. The summed E-state index contributed by atoms with van der Waals surface area (Å²) in [6.07, 6.45) is 0. The first-order valence-electron chi connectivity index (χ1n) is 6.87. The molecule has 1 aromatic heterocycles. The van der Waals surface area contributed by atoms with Gasteiger partial charge in [-0.2, -0.15) is 0 Å². The first-order chi connectivity index (χ1) is 11.5. The van der Waals surface area contributed by atoms with Crippen molar-refractivity contribution >= 4 is 67.6 Å². The predicted octanol–water partition coefficient (Wildman–Crippen LogP) is 5.34. The number of hydrogen-bond donors (Lipinski definition) is 1. The molecule has 3 aromatic rings. The number of halogens is 2. The Morgan fingerprint density at radius 2 is 2.04 bits per heavy atom. The van der Waals surface area contributed by atoms with Gasteiger partial charge in [0.1, 0.15) is 5.75 Å². The maximum absolute atomic E-state index is 12.1. The summed E-state index contributed by atoms with van der Waals surface area (Å²) in [7, 11) is 1.56. The molecule has 0 atom stereocenters. The van der Waals surface area contributed by atoms with Crippen LogP contribution in [-0.2, 0) is 4.79 Å². The van der Waals surface area contributed by atoms with Gasteiger partial charge in [-0.05, 0) is 30.3 Å². The van der Waals surface area contributed by atoms with Crippen LogP contribution < -0.4 is 10.1 Å². The number of methoxy groups -OCH3 is 1. The van der Waals surface area contributed by atoms with Crippen LogP contribution in [0.25, 0.3) is 10.2 Å². The summed E-state index contributed by atoms with van der Waals surface area (Å²) < 4.78 is 6.09. The molecule has 0 radical (unpaired) electrons. The van der Waals surface area contributed by atoms with Crippen LogP contribution in [0.5, 0.6) is 5.75 Å². The van der Waals surface area contributed by atoms with Crippen LogP contribution >= 0.6 is 46.3 Å². The topological polar surface area (TPSA) is 51.2 Å². The van der Waals surface area contributed by atoms with E-state index in [9.17, 15) is 4.79 Å². The normalized spacial score (nSPS) is 10.8. The van der Waals surface area contributed by atoms with E-state index in [4.69, 9.17) is 27.9 Å². The highest BCUT2D eigenvalue weighted by molar-refractivity contribution is 8.00. The number of fused-ring (bicyclic) bond motifs is 1. The first kappa shape index (κ1) is 17.4. The zero-order valence-corrected chi connectivity index (χ0v) is 15.7. The third kappa shape index (κ3) is 4.13. The van der Waals surface area contributed by atoms with Gasteiger partial charge < -0.3 is 10.1 Å². The van der Waals surface area contributed by atoms with Gasteiger partial charge in [-0.25, -0.2) is 4.98 Å². The van der Waals surface area contributed by atoms with E-state index in [-0.39, 0.29) is 5.91 Å². The number of nitrogens with one attached hydrogen (secondary N) is 1. The number of rotatable bonds is 5. The summed E-state index contributed by atoms with van der Waals surface area (Å²) in [4.78, 5) is 17.4. The van der Waals surface area contributed by atoms with E-state index in [1.807, 2.05) is 18.2 Å². The van der Waals surface area contributed by atoms with Gasteiger partial charge in [-0.1, -0.05) is 34.5 Å². The van der Waals surface area contributed by atoms with Crippen molar-refractivity contribution in [3.8, 4) is 5.75 Å². The molecule has 124 valence electrons. The lowest BCUT2D eigenvalue weighted by Crippen LogP contribution is -2.13. The Morgan fingerprint density at radius 3 is 2.75 bits per heavy atom. The minimum atomic E-state index is -0.118. The molecule has 0 fully saturated rings. The molecule has 1 heterocycles. The summed E-state index contributed by atoms with van der Waals surface area (Å²) in [6.45, 7) is 0. The Labute approximate surface area is 157 Å². The minimum Gasteiger partial charge on any atom is -0.495 e.